The number of nitrogens with two attached hydrogens (primary N) is 1. The maximum absolute atomic E-state index is 11.2. The summed E-state index contributed by atoms with van der Waals surface area (Å²) in [5, 5.41) is 0. The zero-order chi connectivity index (χ0) is 10.4. The van der Waals surface area contributed by atoms with Crippen molar-refractivity contribution >= 4 is 21.9 Å². The number of rotatable bonds is 4. The Hall–Kier alpha value is -0.870. The average Bonchev–Trinajstić information content (AvgIpc) is 2.26. The predicted octanol–water partition coefficient (Wildman–Crippen LogP) is 1.45. The zero-order valence-corrected chi connectivity index (χ0v) is 9.24. The third kappa shape index (κ3) is 3.47. The summed E-state index contributed by atoms with van der Waals surface area (Å²) in [6.07, 6.45) is 0. The first-order chi connectivity index (χ1) is 6.74. The second-order valence-electron chi connectivity index (χ2n) is 2.80. The molecule has 0 fully saturated rings. The van der Waals surface area contributed by atoms with Gasteiger partial charge in [0.25, 0.3) is 0 Å². The molecule has 0 heterocycles. The molecule has 1 atom stereocenters. The smallest absolute Gasteiger partial charge is 0.321 e. The molecule has 0 bridgehead atoms. The van der Waals surface area contributed by atoms with E-state index in [-0.39, 0.29) is 12.5 Å². The minimum Gasteiger partial charge on any atom is -0.460 e. The van der Waals surface area contributed by atoms with Gasteiger partial charge in [-0.05, 0) is 5.56 Å². The molecule has 1 rings (SSSR count). The van der Waals surface area contributed by atoms with Gasteiger partial charge in [0.2, 0.25) is 0 Å². The van der Waals surface area contributed by atoms with Crippen molar-refractivity contribution in [2.24, 2.45) is 5.73 Å². The number of carbonyl (C=O) groups is 1. The van der Waals surface area contributed by atoms with Gasteiger partial charge in [-0.25, -0.2) is 0 Å². The number of benzene rings is 1. The van der Waals surface area contributed by atoms with Gasteiger partial charge >= 0.3 is 5.97 Å². The standard InChI is InChI=1S/C10H12BrNO2/c11-9(6-12)10(13)14-7-8-4-2-1-3-5-8/h1-5,9H,6-7,12H2. The highest BCUT2D eigenvalue weighted by Crippen LogP contribution is 2.05. The van der Waals surface area contributed by atoms with Crippen molar-refractivity contribution < 1.29 is 9.53 Å². The van der Waals surface area contributed by atoms with E-state index in [1.807, 2.05) is 30.3 Å². The van der Waals surface area contributed by atoms with Crippen LogP contribution in [0.1, 0.15) is 5.56 Å². The minimum atomic E-state index is -0.411. The van der Waals surface area contributed by atoms with E-state index in [4.69, 9.17) is 10.5 Å². The molecule has 0 aromatic heterocycles. The number of esters is 1. The van der Waals surface area contributed by atoms with E-state index < -0.39 is 4.83 Å². The molecule has 4 heteroatoms. The summed E-state index contributed by atoms with van der Waals surface area (Å²) in [7, 11) is 0. The number of ether oxygens (including phenoxy) is 1. The zero-order valence-electron chi connectivity index (χ0n) is 7.65. The van der Waals surface area contributed by atoms with Gasteiger partial charge < -0.3 is 10.5 Å². The molecule has 0 radical (unpaired) electrons. The fraction of sp³-hybridized carbons (Fsp3) is 0.300. The number of hydrogen-bond donors (Lipinski definition) is 1. The molecule has 3 nitrogen and oxygen atoms in total. The molecule has 14 heavy (non-hydrogen) atoms. The molecular formula is C10H12BrNO2. The highest BCUT2D eigenvalue weighted by Gasteiger charge is 2.13. The first kappa shape index (κ1) is 11.2. The predicted molar refractivity (Wildman–Crippen MR) is 58.0 cm³/mol. The van der Waals surface area contributed by atoms with E-state index in [2.05, 4.69) is 15.9 Å². The van der Waals surface area contributed by atoms with Crippen molar-refractivity contribution in [2.45, 2.75) is 11.4 Å². The molecular weight excluding hydrogens is 246 g/mol. The normalized spacial score (nSPS) is 12.1. The Morgan fingerprint density at radius 1 is 1.43 bits per heavy atom. The van der Waals surface area contributed by atoms with E-state index in [1.165, 1.54) is 0 Å². The topological polar surface area (TPSA) is 52.3 Å². The van der Waals surface area contributed by atoms with Crippen LogP contribution in [0.25, 0.3) is 0 Å². The molecule has 1 unspecified atom stereocenters. The van der Waals surface area contributed by atoms with Gasteiger partial charge in [0, 0.05) is 6.54 Å². The summed E-state index contributed by atoms with van der Waals surface area (Å²) in [5.41, 5.74) is 6.26. The summed E-state index contributed by atoms with van der Waals surface area (Å²) in [6.45, 7) is 0.537. The molecule has 0 amide bonds. The lowest BCUT2D eigenvalue weighted by Crippen LogP contribution is -2.25. The van der Waals surface area contributed by atoms with Crippen molar-refractivity contribution in [3.05, 3.63) is 35.9 Å². The third-order valence-corrected chi connectivity index (χ3v) is 2.43. The maximum Gasteiger partial charge on any atom is 0.321 e. The number of carbonyl (C=O) groups excluding carboxylic acids is 1. The summed E-state index contributed by atoms with van der Waals surface area (Å²) in [6, 6.07) is 9.52. The van der Waals surface area contributed by atoms with E-state index in [0.29, 0.717) is 6.61 Å². The number of alkyl halides is 1. The van der Waals surface area contributed by atoms with Crippen LogP contribution in [0, 0.1) is 0 Å². The highest BCUT2D eigenvalue weighted by molar-refractivity contribution is 9.10. The maximum atomic E-state index is 11.2. The summed E-state index contributed by atoms with van der Waals surface area (Å²) in [5.74, 6) is -0.323. The molecule has 0 aliphatic rings. The van der Waals surface area contributed by atoms with Crippen molar-refractivity contribution in [3.8, 4) is 0 Å². The van der Waals surface area contributed by atoms with Gasteiger partial charge in [0.1, 0.15) is 11.4 Å². The van der Waals surface area contributed by atoms with Crippen molar-refractivity contribution in [3.63, 3.8) is 0 Å². The van der Waals surface area contributed by atoms with Crippen LogP contribution in [0.2, 0.25) is 0 Å². The van der Waals surface area contributed by atoms with E-state index in [1.54, 1.807) is 0 Å². The van der Waals surface area contributed by atoms with Gasteiger partial charge in [-0.3, -0.25) is 4.79 Å². The molecule has 0 aliphatic heterocycles. The van der Waals surface area contributed by atoms with Crippen molar-refractivity contribution in [1.29, 1.82) is 0 Å². The van der Waals surface area contributed by atoms with Crippen LogP contribution in [-0.4, -0.2) is 17.3 Å². The van der Waals surface area contributed by atoms with Crippen LogP contribution in [0.4, 0.5) is 0 Å². The van der Waals surface area contributed by atoms with Crippen LogP contribution < -0.4 is 5.73 Å². The molecule has 1 aromatic carbocycles. The van der Waals surface area contributed by atoms with Gasteiger partial charge in [0.05, 0.1) is 0 Å². The Labute approximate surface area is 91.4 Å². The molecule has 0 aliphatic carbocycles. The van der Waals surface area contributed by atoms with Crippen molar-refractivity contribution in [1.82, 2.24) is 0 Å². The minimum absolute atomic E-state index is 0.244. The number of hydrogen-bond acceptors (Lipinski definition) is 3. The molecule has 0 saturated carbocycles. The lowest BCUT2D eigenvalue weighted by Gasteiger charge is -2.07. The molecule has 0 spiro atoms. The van der Waals surface area contributed by atoms with E-state index in [0.717, 1.165) is 5.56 Å². The van der Waals surface area contributed by atoms with Crippen LogP contribution >= 0.6 is 15.9 Å². The van der Waals surface area contributed by atoms with Crippen LogP contribution in [0.15, 0.2) is 30.3 Å². The first-order valence-electron chi connectivity index (χ1n) is 4.28. The summed E-state index contributed by atoms with van der Waals surface area (Å²) in [4.78, 5) is 10.8. The highest BCUT2D eigenvalue weighted by atomic mass is 79.9. The fourth-order valence-corrected chi connectivity index (χ4v) is 1.05. The van der Waals surface area contributed by atoms with E-state index >= 15 is 0 Å². The number of halogens is 1. The Bertz CT molecular complexity index is 289. The van der Waals surface area contributed by atoms with Gasteiger partial charge in [-0.2, -0.15) is 0 Å². The Morgan fingerprint density at radius 2 is 2.07 bits per heavy atom. The SMILES string of the molecule is NCC(Br)C(=O)OCc1ccccc1. The van der Waals surface area contributed by atoms with Crippen LogP contribution in [-0.2, 0) is 16.1 Å². The quantitative estimate of drug-likeness (QED) is 0.657. The van der Waals surface area contributed by atoms with Crippen LogP contribution in [0.3, 0.4) is 0 Å². The largest absolute Gasteiger partial charge is 0.460 e. The Kier molecular flexibility index (Phi) is 4.62. The van der Waals surface area contributed by atoms with Gasteiger partial charge in [-0.15, -0.1) is 0 Å². The van der Waals surface area contributed by atoms with Gasteiger partial charge in [0.15, 0.2) is 0 Å². The lowest BCUT2D eigenvalue weighted by atomic mass is 10.2. The Morgan fingerprint density at radius 3 is 2.64 bits per heavy atom. The summed E-state index contributed by atoms with van der Waals surface area (Å²) >= 11 is 3.12. The molecule has 1 aromatic rings. The average molecular weight is 258 g/mol. The van der Waals surface area contributed by atoms with Gasteiger partial charge in [-0.1, -0.05) is 46.3 Å². The molecule has 76 valence electrons. The lowest BCUT2D eigenvalue weighted by molar-refractivity contribution is -0.143. The van der Waals surface area contributed by atoms with Crippen molar-refractivity contribution in [2.75, 3.05) is 6.54 Å². The second kappa shape index (κ2) is 5.78. The Balaban J connectivity index is 2.38. The molecule has 2 N–H and O–H groups in total. The monoisotopic (exact) mass is 257 g/mol. The fourth-order valence-electron chi connectivity index (χ4n) is 0.915. The van der Waals surface area contributed by atoms with E-state index in [9.17, 15) is 4.79 Å². The summed E-state index contributed by atoms with van der Waals surface area (Å²) < 4.78 is 5.01. The third-order valence-electron chi connectivity index (χ3n) is 1.69. The molecule has 0 saturated heterocycles. The second-order valence-corrected chi connectivity index (χ2v) is 3.90. The van der Waals surface area contributed by atoms with Crippen LogP contribution in [0.5, 0.6) is 0 Å². The first-order valence-corrected chi connectivity index (χ1v) is 5.20.